The van der Waals surface area contributed by atoms with Gasteiger partial charge in [0.05, 0.1) is 11.6 Å². The van der Waals surface area contributed by atoms with Crippen LogP contribution in [-0.4, -0.2) is 22.5 Å². The number of esters is 1. The molecule has 0 aliphatic carbocycles. The standard InChI is InChI=1S/C13H10Cl2N2O3/c1-2-19-13(18)9-6-16-7-17-12(9)20-11-5-8(14)3-4-10(11)15/h3-7H,2H2,1H3. The number of halogens is 2. The Morgan fingerprint density at radius 1 is 1.35 bits per heavy atom. The molecule has 2 rings (SSSR count). The number of carbonyl (C=O) groups is 1. The maximum atomic E-state index is 11.8. The van der Waals surface area contributed by atoms with Crippen LogP contribution in [0.3, 0.4) is 0 Å². The lowest BCUT2D eigenvalue weighted by atomic mass is 10.3. The summed E-state index contributed by atoms with van der Waals surface area (Å²) in [5.74, 6) is -0.215. The Labute approximate surface area is 125 Å². The molecule has 1 aromatic carbocycles. The second-order valence-electron chi connectivity index (χ2n) is 3.64. The van der Waals surface area contributed by atoms with Crippen molar-refractivity contribution >= 4 is 29.2 Å². The second kappa shape index (κ2) is 6.54. The van der Waals surface area contributed by atoms with E-state index in [4.69, 9.17) is 32.7 Å². The molecule has 0 spiro atoms. The van der Waals surface area contributed by atoms with Gasteiger partial charge in [0.25, 0.3) is 0 Å². The van der Waals surface area contributed by atoms with Crippen LogP contribution in [0, 0.1) is 0 Å². The number of carbonyl (C=O) groups excluding carboxylic acids is 1. The summed E-state index contributed by atoms with van der Waals surface area (Å²) < 4.78 is 10.4. The van der Waals surface area contributed by atoms with Crippen LogP contribution >= 0.6 is 23.2 Å². The molecule has 0 amide bonds. The average Bonchev–Trinajstić information content (AvgIpc) is 2.44. The van der Waals surface area contributed by atoms with E-state index < -0.39 is 5.97 Å². The van der Waals surface area contributed by atoms with Gasteiger partial charge in [-0.2, -0.15) is 0 Å². The molecule has 0 aliphatic heterocycles. The molecule has 1 aromatic heterocycles. The lowest BCUT2D eigenvalue weighted by molar-refractivity contribution is 0.0522. The molecule has 20 heavy (non-hydrogen) atoms. The zero-order valence-electron chi connectivity index (χ0n) is 10.5. The maximum absolute atomic E-state index is 11.8. The van der Waals surface area contributed by atoms with E-state index in [1.54, 1.807) is 19.1 Å². The van der Waals surface area contributed by atoms with E-state index in [9.17, 15) is 4.79 Å². The molecule has 0 atom stereocenters. The summed E-state index contributed by atoms with van der Waals surface area (Å²) >= 11 is 11.9. The van der Waals surface area contributed by atoms with Gasteiger partial charge in [-0.05, 0) is 19.1 Å². The summed E-state index contributed by atoms with van der Waals surface area (Å²) in [5.41, 5.74) is 0.116. The fourth-order valence-corrected chi connectivity index (χ4v) is 1.73. The largest absolute Gasteiger partial charge is 0.462 e. The van der Waals surface area contributed by atoms with Crippen LogP contribution in [0.25, 0.3) is 0 Å². The van der Waals surface area contributed by atoms with E-state index in [0.29, 0.717) is 15.8 Å². The van der Waals surface area contributed by atoms with Gasteiger partial charge in [0.2, 0.25) is 5.88 Å². The van der Waals surface area contributed by atoms with Crippen LogP contribution in [0.1, 0.15) is 17.3 Å². The number of benzene rings is 1. The van der Waals surface area contributed by atoms with Crippen molar-refractivity contribution in [2.75, 3.05) is 6.61 Å². The fraction of sp³-hybridized carbons (Fsp3) is 0.154. The highest BCUT2D eigenvalue weighted by Crippen LogP contribution is 2.32. The molecule has 7 heteroatoms. The van der Waals surface area contributed by atoms with Crippen molar-refractivity contribution in [2.45, 2.75) is 6.92 Å². The quantitative estimate of drug-likeness (QED) is 0.804. The van der Waals surface area contributed by atoms with E-state index in [0.717, 1.165) is 0 Å². The smallest absolute Gasteiger partial charge is 0.345 e. The van der Waals surface area contributed by atoms with Crippen molar-refractivity contribution < 1.29 is 14.3 Å². The van der Waals surface area contributed by atoms with Gasteiger partial charge in [-0.3, -0.25) is 0 Å². The monoisotopic (exact) mass is 312 g/mol. The third kappa shape index (κ3) is 3.37. The van der Waals surface area contributed by atoms with Gasteiger partial charge in [0, 0.05) is 17.3 Å². The Hall–Kier alpha value is -1.85. The predicted octanol–water partition coefficient (Wildman–Crippen LogP) is 3.75. The molecule has 0 aliphatic rings. The first-order chi connectivity index (χ1) is 9.61. The normalized spacial score (nSPS) is 10.2. The molecule has 0 saturated carbocycles. The predicted molar refractivity (Wildman–Crippen MR) is 74.5 cm³/mol. The first-order valence-electron chi connectivity index (χ1n) is 5.72. The lowest BCUT2D eigenvalue weighted by Crippen LogP contribution is -2.08. The number of hydrogen-bond donors (Lipinski definition) is 0. The number of hydrogen-bond acceptors (Lipinski definition) is 5. The van der Waals surface area contributed by atoms with Crippen LogP contribution in [0.5, 0.6) is 11.6 Å². The van der Waals surface area contributed by atoms with E-state index >= 15 is 0 Å². The number of ether oxygens (including phenoxy) is 2. The highest BCUT2D eigenvalue weighted by molar-refractivity contribution is 6.34. The first-order valence-corrected chi connectivity index (χ1v) is 6.47. The van der Waals surface area contributed by atoms with E-state index in [2.05, 4.69) is 9.97 Å². The minimum atomic E-state index is -0.568. The Morgan fingerprint density at radius 3 is 2.90 bits per heavy atom. The Kier molecular flexibility index (Phi) is 4.76. The summed E-state index contributed by atoms with van der Waals surface area (Å²) in [4.78, 5) is 19.5. The van der Waals surface area contributed by atoms with Gasteiger partial charge in [-0.25, -0.2) is 14.8 Å². The van der Waals surface area contributed by atoms with Crippen molar-refractivity contribution in [1.29, 1.82) is 0 Å². The molecule has 0 radical (unpaired) electrons. The van der Waals surface area contributed by atoms with E-state index in [1.165, 1.54) is 18.6 Å². The summed E-state index contributed by atoms with van der Waals surface area (Å²) in [7, 11) is 0. The molecule has 1 heterocycles. The van der Waals surface area contributed by atoms with Gasteiger partial charge in [0.15, 0.2) is 0 Å². The zero-order chi connectivity index (χ0) is 14.5. The van der Waals surface area contributed by atoms with Crippen LogP contribution < -0.4 is 4.74 Å². The van der Waals surface area contributed by atoms with Crippen LogP contribution in [0.2, 0.25) is 10.0 Å². The molecule has 0 saturated heterocycles. The Balaban J connectivity index is 2.34. The topological polar surface area (TPSA) is 61.3 Å². The molecule has 0 bridgehead atoms. The zero-order valence-corrected chi connectivity index (χ0v) is 12.0. The van der Waals surface area contributed by atoms with Crippen molar-refractivity contribution in [3.8, 4) is 11.6 Å². The minimum Gasteiger partial charge on any atom is -0.462 e. The molecule has 2 aromatic rings. The molecular formula is C13H10Cl2N2O3. The van der Waals surface area contributed by atoms with Gasteiger partial charge < -0.3 is 9.47 Å². The summed E-state index contributed by atoms with van der Waals surface area (Å²) in [6.07, 6.45) is 2.58. The first kappa shape index (κ1) is 14.6. The fourth-order valence-electron chi connectivity index (χ4n) is 1.41. The average molecular weight is 313 g/mol. The third-order valence-corrected chi connectivity index (χ3v) is 2.82. The van der Waals surface area contributed by atoms with Crippen molar-refractivity contribution in [3.05, 3.63) is 46.3 Å². The summed E-state index contributed by atoms with van der Waals surface area (Å²) in [5, 5.41) is 0.805. The second-order valence-corrected chi connectivity index (χ2v) is 4.48. The summed E-state index contributed by atoms with van der Waals surface area (Å²) in [6.45, 7) is 1.95. The number of aromatic nitrogens is 2. The Bertz CT molecular complexity index is 635. The van der Waals surface area contributed by atoms with Crippen LogP contribution in [0.15, 0.2) is 30.7 Å². The molecule has 104 valence electrons. The molecule has 0 unspecified atom stereocenters. The minimum absolute atomic E-state index is 0.0580. The maximum Gasteiger partial charge on any atom is 0.345 e. The van der Waals surface area contributed by atoms with Crippen LogP contribution in [-0.2, 0) is 4.74 Å². The molecule has 5 nitrogen and oxygen atoms in total. The van der Waals surface area contributed by atoms with Crippen LogP contribution in [0.4, 0.5) is 0 Å². The Morgan fingerprint density at radius 2 is 2.15 bits per heavy atom. The number of rotatable bonds is 4. The van der Waals surface area contributed by atoms with Gasteiger partial charge in [-0.15, -0.1) is 0 Å². The summed E-state index contributed by atoms with van der Waals surface area (Å²) in [6, 6.07) is 4.74. The van der Waals surface area contributed by atoms with Gasteiger partial charge in [-0.1, -0.05) is 23.2 Å². The molecule has 0 fully saturated rings. The van der Waals surface area contributed by atoms with Gasteiger partial charge >= 0.3 is 5.97 Å². The van der Waals surface area contributed by atoms with Gasteiger partial charge in [0.1, 0.15) is 17.6 Å². The van der Waals surface area contributed by atoms with Crippen molar-refractivity contribution in [2.24, 2.45) is 0 Å². The third-order valence-electron chi connectivity index (χ3n) is 2.27. The molecule has 0 N–H and O–H groups in total. The van der Waals surface area contributed by atoms with E-state index in [1.807, 2.05) is 0 Å². The van der Waals surface area contributed by atoms with Crippen molar-refractivity contribution in [1.82, 2.24) is 9.97 Å². The lowest BCUT2D eigenvalue weighted by Gasteiger charge is -2.10. The highest BCUT2D eigenvalue weighted by Gasteiger charge is 2.17. The van der Waals surface area contributed by atoms with Crippen molar-refractivity contribution in [3.63, 3.8) is 0 Å². The number of nitrogens with zero attached hydrogens (tertiary/aromatic N) is 2. The SMILES string of the molecule is CCOC(=O)c1cncnc1Oc1cc(Cl)ccc1Cl. The molecular weight excluding hydrogens is 303 g/mol. The van der Waals surface area contributed by atoms with E-state index in [-0.39, 0.29) is 18.1 Å². The highest BCUT2D eigenvalue weighted by atomic mass is 35.5.